The highest BCUT2D eigenvalue weighted by atomic mass is 35.5. The van der Waals surface area contributed by atoms with E-state index in [1.807, 2.05) is 47.0 Å². The maximum absolute atomic E-state index is 13.4. The van der Waals surface area contributed by atoms with Gasteiger partial charge in [0.1, 0.15) is 5.69 Å². The first-order valence-corrected chi connectivity index (χ1v) is 10.1. The Morgan fingerprint density at radius 1 is 1.32 bits per heavy atom. The van der Waals surface area contributed by atoms with E-state index in [0.29, 0.717) is 10.7 Å². The van der Waals surface area contributed by atoms with Gasteiger partial charge in [-0.1, -0.05) is 11.6 Å². The Hall–Kier alpha value is -2.44. The van der Waals surface area contributed by atoms with Crippen LogP contribution < -0.4 is 5.32 Å². The van der Waals surface area contributed by atoms with Crippen molar-refractivity contribution >= 4 is 28.4 Å². The first-order valence-electron chi connectivity index (χ1n) is 9.73. The maximum Gasteiger partial charge on any atom is 0.271 e. The summed E-state index contributed by atoms with van der Waals surface area (Å²) in [6.45, 7) is 2.49. The van der Waals surface area contributed by atoms with Gasteiger partial charge in [0.05, 0.1) is 6.04 Å². The van der Waals surface area contributed by atoms with Crippen molar-refractivity contribution in [3.8, 4) is 0 Å². The summed E-state index contributed by atoms with van der Waals surface area (Å²) in [5.41, 5.74) is 3.95. The lowest BCUT2D eigenvalue weighted by Crippen LogP contribution is -2.33. The summed E-state index contributed by atoms with van der Waals surface area (Å²) in [4.78, 5) is 24.8. The van der Waals surface area contributed by atoms with Gasteiger partial charge < -0.3 is 14.8 Å². The number of aromatic nitrogens is 3. The van der Waals surface area contributed by atoms with Crippen LogP contribution >= 0.6 is 11.6 Å². The molecule has 2 aromatic heterocycles. The molecule has 0 saturated carbocycles. The number of nitrogens with zero attached hydrogens (tertiary/aromatic N) is 4. The second kappa shape index (κ2) is 6.87. The Bertz CT molecular complexity index is 1080. The van der Waals surface area contributed by atoms with Crippen molar-refractivity contribution in [1.29, 1.82) is 0 Å². The Morgan fingerprint density at radius 3 is 3.11 bits per heavy atom. The number of halogens is 1. The minimum atomic E-state index is -0.0608. The normalized spacial score (nSPS) is 19.2. The molecule has 1 unspecified atom stereocenters. The molecule has 0 spiro atoms. The molecule has 7 heteroatoms. The molecular weight excluding hydrogens is 374 g/mol. The second-order valence-corrected chi connectivity index (χ2v) is 8.01. The van der Waals surface area contributed by atoms with E-state index in [4.69, 9.17) is 16.6 Å². The first kappa shape index (κ1) is 17.6. The molecule has 1 N–H and O–H groups in total. The average molecular weight is 396 g/mol. The highest BCUT2D eigenvalue weighted by Gasteiger charge is 2.34. The molecule has 3 aromatic rings. The second-order valence-electron chi connectivity index (χ2n) is 7.58. The molecule has 2 aliphatic rings. The minimum absolute atomic E-state index is 0.0281. The monoisotopic (exact) mass is 395 g/mol. The van der Waals surface area contributed by atoms with Crippen LogP contribution in [0.1, 0.15) is 46.5 Å². The molecule has 0 bridgehead atoms. The number of likely N-dealkylation sites (tertiary alicyclic amines) is 1. The van der Waals surface area contributed by atoms with Gasteiger partial charge >= 0.3 is 0 Å². The predicted octanol–water partition coefficient (Wildman–Crippen LogP) is 3.24. The number of nitrogens with one attached hydrogen (secondary N) is 1. The lowest BCUT2D eigenvalue weighted by molar-refractivity contribution is 0.0720. The fourth-order valence-electron chi connectivity index (χ4n) is 4.36. The summed E-state index contributed by atoms with van der Waals surface area (Å²) in [7, 11) is 1.93. The molecule has 0 aliphatic carbocycles. The predicted molar refractivity (Wildman–Crippen MR) is 108 cm³/mol. The zero-order valence-corrected chi connectivity index (χ0v) is 16.5. The van der Waals surface area contributed by atoms with Gasteiger partial charge in [-0.25, -0.2) is 9.97 Å². The van der Waals surface area contributed by atoms with E-state index in [9.17, 15) is 4.79 Å². The van der Waals surface area contributed by atoms with Crippen molar-refractivity contribution in [2.45, 2.75) is 31.8 Å². The highest BCUT2D eigenvalue weighted by Crippen LogP contribution is 2.33. The Morgan fingerprint density at radius 2 is 2.21 bits per heavy atom. The molecule has 144 valence electrons. The number of amides is 1. The Kier molecular flexibility index (Phi) is 4.33. The minimum Gasteiger partial charge on any atom is -0.340 e. The fourth-order valence-corrected chi connectivity index (χ4v) is 4.54. The fraction of sp³-hybridized carbons (Fsp3) is 0.381. The van der Waals surface area contributed by atoms with Gasteiger partial charge in [-0.2, -0.15) is 0 Å². The van der Waals surface area contributed by atoms with Gasteiger partial charge in [-0.3, -0.25) is 4.79 Å². The summed E-state index contributed by atoms with van der Waals surface area (Å²) in [5, 5.41) is 5.00. The van der Waals surface area contributed by atoms with Crippen LogP contribution in [0.25, 0.3) is 10.9 Å². The van der Waals surface area contributed by atoms with Gasteiger partial charge in [0.25, 0.3) is 5.91 Å². The number of hydrogen-bond acceptors (Lipinski definition) is 4. The van der Waals surface area contributed by atoms with Gasteiger partial charge in [0, 0.05) is 66.5 Å². The lowest BCUT2D eigenvalue weighted by Gasteiger charge is -2.25. The molecule has 1 amide bonds. The topological polar surface area (TPSA) is 63.1 Å². The van der Waals surface area contributed by atoms with E-state index in [-0.39, 0.29) is 11.9 Å². The van der Waals surface area contributed by atoms with E-state index < -0.39 is 0 Å². The van der Waals surface area contributed by atoms with Gasteiger partial charge in [-0.05, 0) is 37.1 Å². The van der Waals surface area contributed by atoms with Crippen LogP contribution in [0.3, 0.4) is 0 Å². The molecule has 28 heavy (non-hydrogen) atoms. The van der Waals surface area contributed by atoms with Gasteiger partial charge in [-0.15, -0.1) is 0 Å². The summed E-state index contributed by atoms with van der Waals surface area (Å²) in [6.07, 6.45) is 4.70. The van der Waals surface area contributed by atoms with Crippen LogP contribution in [0.4, 0.5) is 0 Å². The van der Waals surface area contributed by atoms with Crippen LogP contribution in [-0.2, 0) is 20.0 Å². The maximum atomic E-state index is 13.4. The van der Waals surface area contributed by atoms with Crippen molar-refractivity contribution in [2.24, 2.45) is 7.05 Å². The van der Waals surface area contributed by atoms with E-state index in [1.54, 1.807) is 0 Å². The molecule has 1 atom stereocenters. The summed E-state index contributed by atoms with van der Waals surface area (Å²) >= 11 is 6.12. The quantitative estimate of drug-likeness (QED) is 0.723. The van der Waals surface area contributed by atoms with Crippen LogP contribution in [0.2, 0.25) is 5.02 Å². The molecular formula is C21H22ClN5O. The number of hydrogen-bond donors (Lipinski definition) is 1. The molecule has 5 rings (SSSR count). The Balaban J connectivity index is 1.48. The van der Waals surface area contributed by atoms with Crippen molar-refractivity contribution in [3.05, 3.63) is 58.3 Å². The smallest absolute Gasteiger partial charge is 0.271 e. The molecule has 1 aromatic carbocycles. The van der Waals surface area contributed by atoms with Crippen molar-refractivity contribution < 1.29 is 4.79 Å². The number of benzene rings is 1. The van der Waals surface area contributed by atoms with Crippen molar-refractivity contribution in [2.75, 3.05) is 13.1 Å². The van der Waals surface area contributed by atoms with E-state index in [0.717, 1.165) is 66.9 Å². The summed E-state index contributed by atoms with van der Waals surface area (Å²) in [5.74, 6) is 0.800. The van der Waals surface area contributed by atoms with E-state index >= 15 is 0 Å². The van der Waals surface area contributed by atoms with Crippen LogP contribution in [0, 0.1) is 0 Å². The van der Waals surface area contributed by atoms with Gasteiger partial charge in [0.2, 0.25) is 0 Å². The lowest BCUT2D eigenvalue weighted by atomic mass is 10.1. The zero-order valence-electron chi connectivity index (χ0n) is 15.8. The van der Waals surface area contributed by atoms with Crippen molar-refractivity contribution in [3.63, 3.8) is 0 Å². The summed E-state index contributed by atoms with van der Waals surface area (Å²) < 4.78 is 1.95. The van der Waals surface area contributed by atoms with E-state index in [2.05, 4.69) is 10.3 Å². The SMILES string of the molecule is Cn1c(C(=O)N2CCCC2c2ncc3c(n2)CCNC3)cc2cc(Cl)ccc21. The molecule has 6 nitrogen and oxygen atoms in total. The largest absolute Gasteiger partial charge is 0.340 e. The number of carbonyl (C=O) groups is 1. The average Bonchev–Trinajstić information content (AvgIpc) is 3.32. The Labute approximate surface area is 168 Å². The molecule has 1 fully saturated rings. The molecule has 2 aliphatic heterocycles. The summed E-state index contributed by atoms with van der Waals surface area (Å²) in [6, 6.07) is 7.58. The standard InChI is InChI=1S/C21H22ClN5O/c1-26-17-5-4-15(22)9-13(17)10-19(26)21(28)27-8-2-3-18(27)20-24-12-14-11-23-7-6-16(14)25-20/h4-5,9-10,12,18,23H,2-3,6-8,11H2,1H3. The number of fused-ring (bicyclic) bond motifs is 2. The van der Waals surface area contributed by atoms with Crippen molar-refractivity contribution in [1.82, 2.24) is 24.8 Å². The third-order valence-corrected chi connectivity index (χ3v) is 6.10. The van der Waals surface area contributed by atoms with Crippen LogP contribution in [0.15, 0.2) is 30.5 Å². The third kappa shape index (κ3) is 2.88. The third-order valence-electron chi connectivity index (χ3n) is 5.86. The number of aryl methyl sites for hydroxylation is 1. The first-order chi connectivity index (χ1) is 13.6. The molecule has 4 heterocycles. The highest BCUT2D eigenvalue weighted by molar-refractivity contribution is 6.31. The van der Waals surface area contributed by atoms with Crippen LogP contribution in [0.5, 0.6) is 0 Å². The number of carbonyl (C=O) groups excluding carboxylic acids is 1. The zero-order chi connectivity index (χ0) is 19.3. The van der Waals surface area contributed by atoms with Crippen LogP contribution in [-0.4, -0.2) is 38.4 Å². The van der Waals surface area contributed by atoms with Gasteiger partial charge in [0.15, 0.2) is 5.82 Å². The van der Waals surface area contributed by atoms with E-state index in [1.165, 1.54) is 0 Å². The molecule has 0 radical (unpaired) electrons. The molecule has 1 saturated heterocycles. The number of rotatable bonds is 2.